The zero-order valence-electron chi connectivity index (χ0n) is 15.6. The van der Waals surface area contributed by atoms with Crippen molar-refractivity contribution in [2.75, 3.05) is 13.5 Å². The van der Waals surface area contributed by atoms with E-state index in [0.29, 0.717) is 36.3 Å². The second-order valence-electron chi connectivity index (χ2n) is 6.95. The molecule has 2 aromatic carbocycles. The maximum atomic E-state index is 11.0. The lowest BCUT2D eigenvalue weighted by atomic mass is 9.94. The Kier molecular flexibility index (Phi) is 4.06. The van der Waals surface area contributed by atoms with Crippen molar-refractivity contribution in [3.8, 4) is 11.5 Å². The third kappa shape index (κ3) is 3.03. The van der Waals surface area contributed by atoms with Gasteiger partial charge in [0, 0.05) is 23.3 Å². The van der Waals surface area contributed by atoms with E-state index < -0.39 is 4.92 Å². The van der Waals surface area contributed by atoms with Gasteiger partial charge in [-0.3, -0.25) is 15.5 Å². The maximum Gasteiger partial charge on any atom is 0.269 e. The molecule has 0 radical (unpaired) electrons. The fraction of sp³-hybridized carbons (Fsp3) is 0.263. The van der Waals surface area contributed by atoms with E-state index in [1.165, 1.54) is 12.1 Å². The molecule has 148 valence electrons. The van der Waals surface area contributed by atoms with Gasteiger partial charge in [0.25, 0.3) is 5.69 Å². The summed E-state index contributed by atoms with van der Waals surface area (Å²) in [6.45, 7) is 2.72. The van der Waals surface area contributed by atoms with Crippen LogP contribution in [0.2, 0.25) is 0 Å². The summed E-state index contributed by atoms with van der Waals surface area (Å²) in [5, 5.41) is 17.8. The van der Waals surface area contributed by atoms with Gasteiger partial charge in [0.05, 0.1) is 16.7 Å². The molecule has 0 fully saturated rings. The Hall–Kier alpha value is -3.66. The molecular weight excluding hydrogens is 376 g/mol. The smallest absolute Gasteiger partial charge is 0.269 e. The average molecular weight is 394 g/mol. The van der Waals surface area contributed by atoms with Crippen LogP contribution in [-0.4, -0.2) is 41.1 Å². The second kappa shape index (κ2) is 6.74. The van der Waals surface area contributed by atoms with Crippen LogP contribution in [0, 0.1) is 10.1 Å². The van der Waals surface area contributed by atoms with E-state index >= 15 is 0 Å². The molecule has 0 spiro atoms. The first-order valence-corrected chi connectivity index (χ1v) is 9.19. The predicted octanol–water partition coefficient (Wildman–Crippen LogP) is 1.74. The van der Waals surface area contributed by atoms with Crippen molar-refractivity contribution in [3.63, 3.8) is 0 Å². The number of fused-ring (bicyclic) bond motifs is 2. The van der Waals surface area contributed by atoms with Gasteiger partial charge in [-0.2, -0.15) is 5.10 Å². The normalized spacial score (nSPS) is 19.8. The van der Waals surface area contributed by atoms with Crippen molar-refractivity contribution in [3.05, 3.63) is 63.2 Å². The highest BCUT2D eigenvalue weighted by atomic mass is 16.7. The standard InChI is InChI=1S/C19H18N6O4/c1-11-6-13-7-16-17(29-10-28-16)8-15(13)18(23-24(11)19-20-9-21-22-19)12-2-4-14(5-3-12)25(26)27/h2-5,7-8,11,21H,6,9-10H2,1H3,(H,20,22). The number of benzene rings is 2. The maximum absolute atomic E-state index is 11.0. The summed E-state index contributed by atoms with van der Waals surface area (Å²) in [5.41, 5.74) is 9.45. The molecule has 0 saturated carbocycles. The Labute approximate surface area is 165 Å². The minimum Gasteiger partial charge on any atom is -0.454 e. The van der Waals surface area contributed by atoms with Crippen LogP contribution >= 0.6 is 0 Å². The highest BCUT2D eigenvalue weighted by Crippen LogP contribution is 2.37. The summed E-state index contributed by atoms with van der Waals surface area (Å²) in [6, 6.07) is 10.3. The van der Waals surface area contributed by atoms with Crippen molar-refractivity contribution in [1.82, 2.24) is 15.9 Å². The number of nitro benzene ring substituents is 1. The van der Waals surface area contributed by atoms with Gasteiger partial charge in [0.15, 0.2) is 11.5 Å². The van der Waals surface area contributed by atoms with Gasteiger partial charge in [0.1, 0.15) is 6.67 Å². The number of hydrogen-bond acceptors (Lipinski definition) is 9. The molecule has 1 unspecified atom stereocenters. The number of rotatable bonds is 2. The minimum atomic E-state index is -0.415. The van der Waals surface area contributed by atoms with Crippen LogP contribution < -0.4 is 20.3 Å². The van der Waals surface area contributed by atoms with E-state index in [4.69, 9.17) is 14.6 Å². The summed E-state index contributed by atoms with van der Waals surface area (Å²) in [7, 11) is 0. The molecule has 10 heteroatoms. The Morgan fingerprint density at radius 1 is 1.21 bits per heavy atom. The first-order chi connectivity index (χ1) is 14.1. The number of nitrogens with one attached hydrogen (secondary N) is 2. The average Bonchev–Trinajstić information content (AvgIpc) is 3.38. The van der Waals surface area contributed by atoms with E-state index in [1.54, 1.807) is 12.1 Å². The molecule has 2 aromatic rings. The zero-order valence-corrected chi connectivity index (χ0v) is 15.6. The topological polar surface area (TPSA) is 114 Å². The Bertz CT molecular complexity index is 1050. The van der Waals surface area contributed by atoms with E-state index in [0.717, 1.165) is 16.7 Å². The van der Waals surface area contributed by atoms with E-state index in [9.17, 15) is 10.1 Å². The number of hydrazine groups is 1. The molecule has 29 heavy (non-hydrogen) atoms. The highest BCUT2D eigenvalue weighted by molar-refractivity contribution is 6.14. The molecule has 10 nitrogen and oxygen atoms in total. The van der Waals surface area contributed by atoms with Crippen molar-refractivity contribution < 1.29 is 14.4 Å². The number of ether oxygens (including phenoxy) is 2. The molecule has 3 aliphatic rings. The van der Waals surface area contributed by atoms with Crippen LogP contribution in [-0.2, 0) is 6.42 Å². The van der Waals surface area contributed by atoms with E-state index in [1.807, 2.05) is 17.1 Å². The molecule has 0 saturated heterocycles. The van der Waals surface area contributed by atoms with E-state index in [-0.39, 0.29) is 18.5 Å². The monoisotopic (exact) mass is 394 g/mol. The number of non-ortho nitro benzene ring substituents is 1. The lowest BCUT2D eigenvalue weighted by Gasteiger charge is -2.24. The number of hydrogen-bond donors (Lipinski definition) is 2. The molecule has 0 aliphatic carbocycles. The van der Waals surface area contributed by atoms with Crippen LogP contribution in [0.15, 0.2) is 46.5 Å². The summed E-state index contributed by atoms with van der Waals surface area (Å²) in [4.78, 5) is 15.0. The second-order valence-corrected chi connectivity index (χ2v) is 6.95. The van der Waals surface area contributed by atoms with Crippen molar-refractivity contribution in [1.29, 1.82) is 0 Å². The molecule has 0 amide bonds. The van der Waals surface area contributed by atoms with Gasteiger partial charge in [-0.25, -0.2) is 15.4 Å². The van der Waals surface area contributed by atoms with Gasteiger partial charge in [-0.15, -0.1) is 0 Å². The number of nitrogens with zero attached hydrogens (tertiary/aromatic N) is 4. The lowest BCUT2D eigenvalue weighted by molar-refractivity contribution is -0.384. The Morgan fingerprint density at radius 3 is 2.66 bits per heavy atom. The summed E-state index contributed by atoms with van der Waals surface area (Å²) in [5.74, 6) is 2.01. The molecule has 3 heterocycles. The third-order valence-electron chi connectivity index (χ3n) is 5.07. The Morgan fingerprint density at radius 2 is 1.97 bits per heavy atom. The third-order valence-corrected chi connectivity index (χ3v) is 5.07. The van der Waals surface area contributed by atoms with Gasteiger partial charge < -0.3 is 9.47 Å². The summed E-state index contributed by atoms with van der Waals surface area (Å²) >= 11 is 0. The molecule has 0 aromatic heterocycles. The summed E-state index contributed by atoms with van der Waals surface area (Å²) in [6.07, 6.45) is 0.715. The van der Waals surface area contributed by atoms with Crippen molar-refractivity contribution >= 4 is 17.4 Å². The number of nitro groups is 1. The largest absolute Gasteiger partial charge is 0.454 e. The van der Waals surface area contributed by atoms with Crippen molar-refractivity contribution in [2.45, 2.75) is 19.4 Å². The fourth-order valence-electron chi connectivity index (χ4n) is 3.65. The number of guanidine groups is 1. The number of aliphatic imine (C=N–C) groups is 1. The highest BCUT2D eigenvalue weighted by Gasteiger charge is 2.29. The zero-order chi connectivity index (χ0) is 20.0. The van der Waals surface area contributed by atoms with Crippen LogP contribution in [0.25, 0.3) is 0 Å². The molecule has 5 rings (SSSR count). The van der Waals surface area contributed by atoms with Crippen LogP contribution in [0.1, 0.15) is 23.6 Å². The van der Waals surface area contributed by atoms with Crippen LogP contribution in [0.5, 0.6) is 11.5 Å². The lowest BCUT2D eigenvalue weighted by Crippen LogP contribution is -2.44. The van der Waals surface area contributed by atoms with Crippen molar-refractivity contribution in [2.24, 2.45) is 10.1 Å². The molecule has 3 aliphatic heterocycles. The first-order valence-electron chi connectivity index (χ1n) is 9.19. The number of hydrazone groups is 1. The summed E-state index contributed by atoms with van der Waals surface area (Å²) < 4.78 is 11.1. The van der Waals surface area contributed by atoms with Crippen LogP contribution in [0.3, 0.4) is 0 Å². The molecular formula is C19H18N6O4. The Balaban J connectivity index is 1.66. The predicted molar refractivity (Wildman–Crippen MR) is 105 cm³/mol. The quantitative estimate of drug-likeness (QED) is 0.589. The van der Waals surface area contributed by atoms with Gasteiger partial charge >= 0.3 is 0 Å². The van der Waals surface area contributed by atoms with Gasteiger partial charge in [0.2, 0.25) is 12.8 Å². The minimum absolute atomic E-state index is 0.0239. The van der Waals surface area contributed by atoms with Gasteiger partial charge in [-0.1, -0.05) is 0 Å². The van der Waals surface area contributed by atoms with Gasteiger partial charge in [-0.05, 0) is 43.2 Å². The SMILES string of the molecule is CC1Cc2cc3c(cc2C(c2ccc([N+](=O)[O-])cc2)=NN1C1=NCNN1)OCO3. The van der Waals surface area contributed by atoms with E-state index in [2.05, 4.69) is 22.8 Å². The first kappa shape index (κ1) is 17.4. The molecule has 0 bridgehead atoms. The molecule has 1 atom stereocenters. The van der Waals surface area contributed by atoms with Crippen LogP contribution in [0.4, 0.5) is 5.69 Å². The molecule has 2 N–H and O–H groups in total. The fourth-order valence-corrected chi connectivity index (χ4v) is 3.65.